The summed E-state index contributed by atoms with van der Waals surface area (Å²) >= 11 is 6.11. The molecule has 0 saturated heterocycles. The van der Waals surface area contributed by atoms with E-state index in [1.165, 1.54) is 32.1 Å². The maximum Gasteiger partial charge on any atom is 0.258 e. The Labute approximate surface area is 142 Å². The van der Waals surface area contributed by atoms with Crippen LogP contribution in [0.3, 0.4) is 0 Å². The van der Waals surface area contributed by atoms with Gasteiger partial charge >= 0.3 is 0 Å². The summed E-state index contributed by atoms with van der Waals surface area (Å²) in [5.74, 6) is 3.81. The van der Waals surface area contributed by atoms with E-state index in [0.29, 0.717) is 28.6 Å². The minimum Gasteiger partial charge on any atom is -0.482 e. The van der Waals surface area contributed by atoms with Crippen molar-refractivity contribution in [2.75, 3.05) is 6.61 Å². The minimum absolute atomic E-state index is 0.0138. The van der Waals surface area contributed by atoms with Gasteiger partial charge in [-0.1, -0.05) is 17.7 Å². The van der Waals surface area contributed by atoms with E-state index in [1.807, 2.05) is 25.1 Å². The van der Waals surface area contributed by atoms with Crippen molar-refractivity contribution in [2.45, 2.75) is 45.1 Å². The van der Waals surface area contributed by atoms with Gasteiger partial charge < -0.3 is 10.1 Å². The number of amides is 1. The second-order valence-electron chi connectivity index (χ2n) is 7.75. The van der Waals surface area contributed by atoms with Gasteiger partial charge in [0.25, 0.3) is 5.91 Å². The smallest absolute Gasteiger partial charge is 0.258 e. The topological polar surface area (TPSA) is 38.3 Å². The highest BCUT2D eigenvalue weighted by Gasteiger charge is 2.48. The van der Waals surface area contributed by atoms with Crippen LogP contribution in [0.2, 0.25) is 5.02 Å². The van der Waals surface area contributed by atoms with Crippen molar-refractivity contribution in [1.82, 2.24) is 5.32 Å². The molecule has 0 spiro atoms. The van der Waals surface area contributed by atoms with Crippen molar-refractivity contribution in [3.8, 4) is 5.75 Å². The third kappa shape index (κ3) is 3.08. The molecule has 0 unspecified atom stereocenters. The number of benzene rings is 1. The summed E-state index contributed by atoms with van der Waals surface area (Å²) < 4.78 is 5.63. The van der Waals surface area contributed by atoms with Crippen LogP contribution in [0.1, 0.15) is 37.7 Å². The average molecular weight is 334 g/mol. The van der Waals surface area contributed by atoms with Gasteiger partial charge in [-0.15, -0.1) is 0 Å². The van der Waals surface area contributed by atoms with Crippen LogP contribution in [0, 0.1) is 30.6 Å². The van der Waals surface area contributed by atoms with Crippen LogP contribution >= 0.6 is 11.6 Å². The molecular weight excluding hydrogens is 310 g/mol. The molecule has 0 heterocycles. The number of hydrogen-bond donors (Lipinski definition) is 1. The number of ether oxygens (including phenoxy) is 1. The molecule has 0 radical (unpaired) electrons. The van der Waals surface area contributed by atoms with Crippen molar-refractivity contribution in [2.24, 2.45) is 23.7 Å². The lowest BCUT2D eigenvalue weighted by atomic mass is 9.54. The quantitative estimate of drug-likeness (QED) is 0.905. The fourth-order valence-electron chi connectivity index (χ4n) is 5.25. The van der Waals surface area contributed by atoms with E-state index in [9.17, 15) is 4.79 Å². The first-order valence-electron chi connectivity index (χ1n) is 8.77. The fourth-order valence-corrected chi connectivity index (χ4v) is 5.43. The maximum absolute atomic E-state index is 12.3. The Morgan fingerprint density at radius 2 is 1.83 bits per heavy atom. The predicted molar refractivity (Wildman–Crippen MR) is 90.7 cm³/mol. The van der Waals surface area contributed by atoms with Crippen LogP contribution in [0.25, 0.3) is 0 Å². The van der Waals surface area contributed by atoms with Gasteiger partial charge in [0.1, 0.15) is 5.75 Å². The molecule has 0 aromatic heterocycles. The van der Waals surface area contributed by atoms with Crippen LogP contribution in [0.15, 0.2) is 18.2 Å². The van der Waals surface area contributed by atoms with Crippen molar-refractivity contribution in [1.29, 1.82) is 0 Å². The maximum atomic E-state index is 12.3. The molecule has 4 aliphatic carbocycles. The second-order valence-corrected chi connectivity index (χ2v) is 8.15. The van der Waals surface area contributed by atoms with Gasteiger partial charge in [-0.05, 0) is 80.4 Å². The van der Waals surface area contributed by atoms with Crippen molar-refractivity contribution >= 4 is 17.5 Å². The Morgan fingerprint density at radius 3 is 2.48 bits per heavy atom. The molecule has 3 nitrogen and oxygen atoms in total. The highest BCUT2D eigenvalue weighted by molar-refractivity contribution is 6.32. The summed E-state index contributed by atoms with van der Waals surface area (Å²) in [7, 11) is 0. The van der Waals surface area contributed by atoms with E-state index in [1.54, 1.807) is 0 Å². The van der Waals surface area contributed by atoms with Crippen LogP contribution in [-0.2, 0) is 4.79 Å². The van der Waals surface area contributed by atoms with E-state index in [2.05, 4.69) is 5.32 Å². The molecule has 0 aliphatic heterocycles. The molecule has 4 heteroatoms. The molecule has 4 saturated carbocycles. The lowest BCUT2D eigenvalue weighted by Crippen LogP contribution is -2.56. The first-order chi connectivity index (χ1) is 11.1. The zero-order valence-corrected chi connectivity index (χ0v) is 14.3. The van der Waals surface area contributed by atoms with E-state index >= 15 is 0 Å². The fraction of sp³-hybridized carbons (Fsp3) is 0.632. The van der Waals surface area contributed by atoms with Gasteiger partial charge in [0, 0.05) is 6.04 Å². The van der Waals surface area contributed by atoms with Gasteiger partial charge in [-0.25, -0.2) is 0 Å². The van der Waals surface area contributed by atoms with Crippen LogP contribution in [0.4, 0.5) is 0 Å². The lowest BCUT2D eigenvalue weighted by molar-refractivity contribution is -0.127. The number of carbonyl (C=O) groups is 1. The molecule has 1 N–H and O–H groups in total. The van der Waals surface area contributed by atoms with E-state index < -0.39 is 0 Å². The predicted octanol–water partition coefficient (Wildman–Crippen LogP) is 3.97. The number of nitrogens with one attached hydrogen (secondary N) is 1. The molecule has 0 atom stereocenters. The highest BCUT2D eigenvalue weighted by Crippen LogP contribution is 2.53. The van der Waals surface area contributed by atoms with E-state index in [-0.39, 0.29) is 12.5 Å². The Morgan fingerprint density at radius 1 is 1.17 bits per heavy atom. The summed E-state index contributed by atoms with van der Waals surface area (Å²) in [5.41, 5.74) is 1.07. The Bertz CT molecular complexity index is 587. The molecule has 4 fully saturated rings. The Balaban J connectivity index is 1.34. The molecule has 1 aromatic rings. The van der Waals surface area contributed by atoms with Crippen molar-refractivity contribution in [3.05, 3.63) is 28.8 Å². The van der Waals surface area contributed by atoms with Gasteiger partial charge in [0.05, 0.1) is 5.02 Å². The normalized spacial score (nSPS) is 34.4. The van der Waals surface area contributed by atoms with Gasteiger partial charge in [0.15, 0.2) is 6.61 Å². The summed E-state index contributed by atoms with van der Waals surface area (Å²) in [4.78, 5) is 12.3. The van der Waals surface area contributed by atoms with Gasteiger partial charge in [-0.3, -0.25) is 4.79 Å². The van der Waals surface area contributed by atoms with E-state index in [4.69, 9.17) is 16.3 Å². The Hall–Kier alpha value is -1.22. The zero-order chi connectivity index (χ0) is 16.0. The molecule has 4 aliphatic rings. The third-order valence-corrected chi connectivity index (χ3v) is 6.31. The summed E-state index contributed by atoms with van der Waals surface area (Å²) in [6.07, 6.45) is 6.67. The van der Waals surface area contributed by atoms with Crippen molar-refractivity contribution in [3.63, 3.8) is 0 Å². The van der Waals surface area contributed by atoms with Crippen LogP contribution in [0.5, 0.6) is 5.75 Å². The first-order valence-corrected chi connectivity index (χ1v) is 9.14. The molecule has 5 rings (SSSR count). The molecule has 4 bridgehead atoms. The van der Waals surface area contributed by atoms with E-state index in [0.717, 1.165) is 17.4 Å². The molecule has 1 amide bonds. The summed E-state index contributed by atoms with van der Waals surface area (Å²) in [5, 5.41) is 3.81. The largest absolute Gasteiger partial charge is 0.482 e. The zero-order valence-electron chi connectivity index (χ0n) is 13.6. The summed E-state index contributed by atoms with van der Waals surface area (Å²) in [6, 6.07) is 5.98. The highest BCUT2D eigenvalue weighted by atomic mass is 35.5. The number of hydrogen-bond acceptors (Lipinski definition) is 2. The molecular formula is C19H24ClNO2. The van der Waals surface area contributed by atoms with Gasteiger partial charge in [0.2, 0.25) is 0 Å². The monoisotopic (exact) mass is 333 g/mol. The minimum atomic E-state index is -0.0138. The SMILES string of the molecule is Cc1ccc(Cl)c(OCC(=O)NC2C3CC4CC(C3)CC2C4)c1. The van der Waals surface area contributed by atoms with Gasteiger partial charge in [-0.2, -0.15) is 0 Å². The molecule has 124 valence electrons. The number of carbonyl (C=O) groups excluding carboxylic acids is 1. The summed E-state index contributed by atoms with van der Waals surface area (Å²) in [6.45, 7) is 2.03. The molecule has 1 aromatic carbocycles. The number of aryl methyl sites for hydroxylation is 1. The average Bonchev–Trinajstić information content (AvgIpc) is 2.51. The van der Waals surface area contributed by atoms with Crippen molar-refractivity contribution < 1.29 is 9.53 Å². The van der Waals surface area contributed by atoms with Crippen LogP contribution < -0.4 is 10.1 Å². The number of rotatable bonds is 4. The first kappa shape index (κ1) is 15.3. The number of halogens is 1. The third-order valence-electron chi connectivity index (χ3n) is 6.00. The molecule has 23 heavy (non-hydrogen) atoms. The standard InChI is InChI=1S/C19H24ClNO2/c1-11-2-3-16(20)17(4-11)23-10-18(22)21-19-14-6-12-5-13(8-14)9-15(19)7-12/h2-4,12-15,19H,5-10H2,1H3,(H,21,22). The second kappa shape index (κ2) is 6.01. The lowest BCUT2D eigenvalue weighted by Gasteiger charge is -2.54. The Kier molecular flexibility index (Phi) is 4.00. The van der Waals surface area contributed by atoms with Crippen LogP contribution in [-0.4, -0.2) is 18.6 Å².